The lowest BCUT2D eigenvalue weighted by Gasteiger charge is -2.07. The van der Waals surface area contributed by atoms with Gasteiger partial charge in [0.25, 0.3) is 5.91 Å². The van der Waals surface area contributed by atoms with E-state index in [2.05, 4.69) is 15.5 Å². The summed E-state index contributed by atoms with van der Waals surface area (Å²) < 4.78 is 10.9. The maximum Gasteiger partial charge on any atom is 0.287 e. The average Bonchev–Trinajstić information content (AvgIpc) is 3.29. The van der Waals surface area contributed by atoms with Crippen LogP contribution in [0.5, 0.6) is 5.75 Å². The average molecular weight is 322 g/mol. The van der Waals surface area contributed by atoms with Crippen molar-refractivity contribution in [2.75, 3.05) is 0 Å². The summed E-state index contributed by atoms with van der Waals surface area (Å²) in [6, 6.07) is 12.3. The van der Waals surface area contributed by atoms with Crippen LogP contribution in [0.3, 0.4) is 0 Å². The smallest absolute Gasteiger partial charge is 0.287 e. The van der Waals surface area contributed by atoms with E-state index < -0.39 is 0 Å². The van der Waals surface area contributed by atoms with Crippen LogP contribution in [0.25, 0.3) is 0 Å². The van der Waals surface area contributed by atoms with Gasteiger partial charge in [-0.1, -0.05) is 6.07 Å². The van der Waals surface area contributed by atoms with Crippen LogP contribution in [0.4, 0.5) is 0 Å². The summed E-state index contributed by atoms with van der Waals surface area (Å²) in [6.45, 7) is 0.488. The number of nitrogens with zero attached hydrogens (tertiary/aromatic N) is 2. The summed E-state index contributed by atoms with van der Waals surface area (Å²) in [5, 5.41) is 18.2. The van der Waals surface area contributed by atoms with Gasteiger partial charge >= 0.3 is 0 Å². The Bertz CT molecular complexity index is 862. The van der Waals surface area contributed by atoms with E-state index in [0.717, 1.165) is 5.69 Å². The zero-order valence-electron chi connectivity index (χ0n) is 12.7. The van der Waals surface area contributed by atoms with Crippen LogP contribution in [0.15, 0.2) is 53.3 Å². The highest BCUT2D eigenvalue weighted by Crippen LogP contribution is 2.17. The first-order valence-electron chi connectivity index (χ1n) is 7.22. The van der Waals surface area contributed by atoms with E-state index in [0.29, 0.717) is 23.4 Å². The molecule has 24 heavy (non-hydrogen) atoms. The van der Waals surface area contributed by atoms with Gasteiger partial charge in [0.2, 0.25) is 0 Å². The topological polar surface area (TPSA) is 104 Å². The summed E-state index contributed by atoms with van der Waals surface area (Å²) in [5.41, 5.74) is 1.93. The van der Waals surface area contributed by atoms with Gasteiger partial charge in [0.05, 0.1) is 30.1 Å². The molecule has 0 spiro atoms. The van der Waals surface area contributed by atoms with Gasteiger partial charge in [-0.25, -0.2) is 0 Å². The zero-order chi connectivity index (χ0) is 16.8. The van der Waals surface area contributed by atoms with E-state index >= 15 is 0 Å². The molecule has 3 aromatic rings. The lowest BCUT2D eigenvalue weighted by molar-refractivity contribution is 0.0919. The lowest BCUT2D eigenvalue weighted by Crippen LogP contribution is -2.23. The maximum atomic E-state index is 12.2. The summed E-state index contributed by atoms with van der Waals surface area (Å²) in [7, 11) is 0. The first-order chi connectivity index (χ1) is 11.8. The quantitative estimate of drug-likeness (QED) is 0.725. The Balaban J connectivity index is 1.62. The molecule has 120 valence electrons. The number of aromatic nitrogens is 2. The molecule has 2 heterocycles. The number of carbonyl (C=O) groups is 1. The van der Waals surface area contributed by atoms with Crippen molar-refractivity contribution >= 4 is 5.91 Å². The van der Waals surface area contributed by atoms with Crippen molar-refractivity contribution in [1.29, 1.82) is 5.26 Å². The highest BCUT2D eigenvalue weighted by atomic mass is 16.5. The van der Waals surface area contributed by atoms with Gasteiger partial charge in [-0.3, -0.25) is 9.89 Å². The largest absolute Gasteiger partial charge is 0.489 e. The van der Waals surface area contributed by atoms with E-state index in [-0.39, 0.29) is 18.3 Å². The standard InChI is InChI=1S/C17H14N4O3/c18-9-12-2-1-3-15(8-12)24-11-13-5-7-23-16(13)17(22)19-10-14-4-6-20-21-14/h1-8H,10-11H2,(H,19,22)(H,20,21). The molecule has 1 aromatic carbocycles. The van der Waals surface area contributed by atoms with Crippen LogP contribution in [-0.4, -0.2) is 16.1 Å². The molecule has 7 heteroatoms. The summed E-state index contributed by atoms with van der Waals surface area (Å²) in [4.78, 5) is 12.2. The Kier molecular flexibility index (Phi) is 4.58. The first kappa shape index (κ1) is 15.4. The van der Waals surface area contributed by atoms with Crippen molar-refractivity contribution < 1.29 is 13.9 Å². The second kappa shape index (κ2) is 7.15. The third kappa shape index (κ3) is 3.62. The number of nitriles is 1. The Morgan fingerprint density at radius 2 is 2.29 bits per heavy atom. The first-order valence-corrected chi connectivity index (χ1v) is 7.22. The molecule has 0 atom stereocenters. The van der Waals surface area contributed by atoms with Crippen LogP contribution < -0.4 is 10.1 Å². The molecule has 0 unspecified atom stereocenters. The summed E-state index contributed by atoms with van der Waals surface area (Å²) in [6.07, 6.45) is 3.05. The Hall–Kier alpha value is -3.53. The molecule has 0 radical (unpaired) electrons. The van der Waals surface area contributed by atoms with Crippen LogP contribution >= 0.6 is 0 Å². The predicted octanol–water partition coefficient (Wildman–Crippen LogP) is 2.38. The number of carbonyl (C=O) groups excluding carboxylic acids is 1. The van der Waals surface area contributed by atoms with Gasteiger partial charge < -0.3 is 14.5 Å². The Morgan fingerprint density at radius 3 is 3.08 bits per heavy atom. The zero-order valence-corrected chi connectivity index (χ0v) is 12.7. The number of ether oxygens (including phenoxy) is 1. The molecular weight excluding hydrogens is 308 g/mol. The molecule has 2 N–H and O–H groups in total. The van der Waals surface area contributed by atoms with Crippen molar-refractivity contribution in [2.45, 2.75) is 13.2 Å². The summed E-state index contributed by atoms with van der Waals surface area (Å²) >= 11 is 0. The van der Waals surface area contributed by atoms with Crippen molar-refractivity contribution in [3.8, 4) is 11.8 Å². The molecular formula is C17H14N4O3. The number of hydrogen-bond donors (Lipinski definition) is 2. The van der Waals surface area contributed by atoms with Crippen molar-refractivity contribution in [3.63, 3.8) is 0 Å². The molecule has 0 fully saturated rings. The molecule has 3 rings (SSSR count). The van der Waals surface area contributed by atoms with Crippen LogP contribution in [0.2, 0.25) is 0 Å². The van der Waals surface area contributed by atoms with Crippen LogP contribution in [0.1, 0.15) is 27.4 Å². The fraction of sp³-hybridized carbons (Fsp3) is 0.118. The van der Waals surface area contributed by atoms with E-state index in [1.165, 1.54) is 6.26 Å². The van der Waals surface area contributed by atoms with E-state index in [1.807, 2.05) is 6.07 Å². The van der Waals surface area contributed by atoms with Gasteiger partial charge in [0.15, 0.2) is 5.76 Å². The number of amides is 1. The third-order valence-corrected chi connectivity index (χ3v) is 3.31. The minimum Gasteiger partial charge on any atom is -0.489 e. The van der Waals surface area contributed by atoms with E-state index in [1.54, 1.807) is 42.6 Å². The van der Waals surface area contributed by atoms with Crippen LogP contribution in [-0.2, 0) is 13.2 Å². The summed E-state index contributed by atoms with van der Waals surface area (Å²) in [5.74, 6) is 0.420. The van der Waals surface area contributed by atoms with Crippen molar-refractivity contribution in [1.82, 2.24) is 15.5 Å². The minimum atomic E-state index is -0.334. The van der Waals surface area contributed by atoms with E-state index in [4.69, 9.17) is 14.4 Å². The SMILES string of the molecule is N#Cc1cccc(OCc2ccoc2C(=O)NCc2ccn[nH]2)c1. The lowest BCUT2D eigenvalue weighted by atomic mass is 10.2. The molecule has 1 amide bonds. The second-order valence-electron chi connectivity index (χ2n) is 4.97. The van der Waals surface area contributed by atoms with Gasteiger partial charge in [0.1, 0.15) is 12.4 Å². The molecule has 0 aliphatic carbocycles. The van der Waals surface area contributed by atoms with Gasteiger partial charge in [-0.2, -0.15) is 10.4 Å². The monoisotopic (exact) mass is 322 g/mol. The molecule has 2 aromatic heterocycles. The predicted molar refractivity (Wildman–Crippen MR) is 84.0 cm³/mol. The minimum absolute atomic E-state index is 0.165. The fourth-order valence-corrected chi connectivity index (χ4v) is 2.10. The molecule has 0 saturated heterocycles. The number of rotatable bonds is 6. The fourth-order valence-electron chi connectivity index (χ4n) is 2.10. The highest BCUT2D eigenvalue weighted by Gasteiger charge is 2.16. The molecule has 0 aliphatic rings. The Labute approximate surface area is 137 Å². The molecule has 0 aliphatic heterocycles. The normalized spacial score (nSPS) is 10.1. The highest BCUT2D eigenvalue weighted by molar-refractivity contribution is 5.92. The number of aromatic amines is 1. The van der Waals surface area contributed by atoms with Gasteiger partial charge in [-0.05, 0) is 30.3 Å². The third-order valence-electron chi connectivity index (χ3n) is 3.31. The molecule has 7 nitrogen and oxygen atoms in total. The number of H-pyrrole nitrogens is 1. The number of benzene rings is 1. The van der Waals surface area contributed by atoms with Crippen molar-refractivity contribution in [3.05, 3.63) is 71.4 Å². The number of furan rings is 1. The van der Waals surface area contributed by atoms with Gasteiger partial charge in [0, 0.05) is 11.8 Å². The van der Waals surface area contributed by atoms with Gasteiger partial charge in [-0.15, -0.1) is 0 Å². The number of hydrogen-bond acceptors (Lipinski definition) is 5. The molecule has 0 saturated carbocycles. The second-order valence-corrected chi connectivity index (χ2v) is 4.97. The van der Waals surface area contributed by atoms with Crippen LogP contribution in [0, 0.1) is 11.3 Å². The Morgan fingerprint density at radius 1 is 1.38 bits per heavy atom. The number of nitrogens with one attached hydrogen (secondary N) is 2. The van der Waals surface area contributed by atoms with E-state index in [9.17, 15) is 4.79 Å². The van der Waals surface area contributed by atoms with Crippen molar-refractivity contribution in [2.24, 2.45) is 0 Å². The maximum absolute atomic E-state index is 12.2. The molecule has 0 bridgehead atoms.